The van der Waals surface area contributed by atoms with Crippen LogP contribution in [0, 0.1) is 6.92 Å². The predicted octanol–water partition coefficient (Wildman–Crippen LogP) is 2.26. The van der Waals surface area contributed by atoms with Crippen molar-refractivity contribution in [3.63, 3.8) is 0 Å². The molecular weight excluding hydrogens is 178 g/mol. The van der Waals surface area contributed by atoms with E-state index in [-0.39, 0.29) is 5.88 Å². The van der Waals surface area contributed by atoms with Crippen molar-refractivity contribution in [3.8, 4) is 11.6 Å². The molecule has 2 aromatic rings. The van der Waals surface area contributed by atoms with Crippen LogP contribution in [0.25, 0.3) is 10.9 Å². The molecule has 0 saturated carbocycles. The molecule has 0 amide bonds. The van der Waals surface area contributed by atoms with Gasteiger partial charge in [-0.1, -0.05) is 0 Å². The third kappa shape index (κ3) is 1.37. The Morgan fingerprint density at radius 3 is 2.79 bits per heavy atom. The zero-order chi connectivity index (χ0) is 10.1. The number of hydrogen-bond donors (Lipinski definition) is 1. The summed E-state index contributed by atoms with van der Waals surface area (Å²) in [6.45, 7) is 1.94. The lowest BCUT2D eigenvalue weighted by molar-refractivity contribution is 0.415. The largest absolute Gasteiger partial charge is 0.497 e. The van der Waals surface area contributed by atoms with Crippen LogP contribution < -0.4 is 4.74 Å². The van der Waals surface area contributed by atoms with Crippen LogP contribution in [0.4, 0.5) is 0 Å². The van der Waals surface area contributed by atoms with Gasteiger partial charge in [0.15, 0.2) is 0 Å². The van der Waals surface area contributed by atoms with E-state index in [0.29, 0.717) is 0 Å². The number of ether oxygens (including phenoxy) is 1. The molecule has 0 atom stereocenters. The summed E-state index contributed by atoms with van der Waals surface area (Å²) in [5, 5.41) is 10.2. The molecule has 1 N–H and O–H groups in total. The van der Waals surface area contributed by atoms with Gasteiger partial charge >= 0.3 is 0 Å². The molecule has 1 aromatic heterocycles. The van der Waals surface area contributed by atoms with Gasteiger partial charge in [0.1, 0.15) is 5.75 Å². The first-order valence-electron chi connectivity index (χ1n) is 4.35. The molecular formula is C11H11NO2. The van der Waals surface area contributed by atoms with E-state index >= 15 is 0 Å². The van der Waals surface area contributed by atoms with Crippen LogP contribution in [0.2, 0.25) is 0 Å². The standard InChI is InChI=1S/C11H11NO2/c1-7-5-9(14-2)6-8-3-4-10(13)12-11(7)8/h3-6H,1-2H3,(H,12,13). The molecule has 72 valence electrons. The molecule has 14 heavy (non-hydrogen) atoms. The Hall–Kier alpha value is -1.77. The smallest absolute Gasteiger partial charge is 0.211 e. The summed E-state index contributed by atoms with van der Waals surface area (Å²) in [5.74, 6) is 0.855. The van der Waals surface area contributed by atoms with E-state index in [1.165, 1.54) is 0 Å². The van der Waals surface area contributed by atoms with Gasteiger partial charge in [-0.15, -0.1) is 0 Å². The first-order chi connectivity index (χ1) is 6.70. The van der Waals surface area contributed by atoms with Crippen LogP contribution in [0.1, 0.15) is 5.56 Å². The fourth-order valence-electron chi connectivity index (χ4n) is 1.49. The van der Waals surface area contributed by atoms with Gasteiger partial charge in [-0.2, -0.15) is 0 Å². The topological polar surface area (TPSA) is 42.4 Å². The molecule has 0 aliphatic rings. The van der Waals surface area contributed by atoms with Crippen molar-refractivity contribution in [1.29, 1.82) is 0 Å². The predicted molar refractivity (Wildman–Crippen MR) is 54.7 cm³/mol. The quantitative estimate of drug-likeness (QED) is 0.748. The van der Waals surface area contributed by atoms with Crippen LogP contribution in [0.5, 0.6) is 11.6 Å². The number of benzene rings is 1. The summed E-state index contributed by atoms with van der Waals surface area (Å²) in [6, 6.07) is 7.19. The third-order valence-corrected chi connectivity index (χ3v) is 2.18. The maximum Gasteiger partial charge on any atom is 0.211 e. The van der Waals surface area contributed by atoms with E-state index in [2.05, 4.69) is 4.98 Å². The first kappa shape index (κ1) is 8.81. The van der Waals surface area contributed by atoms with Gasteiger partial charge in [0.25, 0.3) is 0 Å². The van der Waals surface area contributed by atoms with Crippen molar-refractivity contribution in [3.05, 3.63) is 29.8 Å². The van der Waals surface area contributed by atoms with Crippen LogP contribution in [-0.2, 0) is 0 Å². The number of fused-ring (bicyclic) bond motifs is 1. The molecule has 1 heterocycles. The number of pyridine rings is 1. The summed E-state index contributed by atoms with van der Waals surface area (Å²) in [4.78, 5) is 4.05. The lowest BCUT2D eigenvalue weighted by atomic mass is 10.1. The Kier molecular flexibility index (Phi) is 2.00. The lowest BCUT2D eigenvalue weighted by Gasteiger charge is -2.05. The van der Waals surface area contributed by atoms with Crippen molar-refractivity contribution in [1.82, 2.24) is 4.98 Å². The van der Waals surface area contributed by atoms with E-state index in [1.807, 2.05) is 25.1 Å². The SMILES string of the molecule is COc1cc(C)c2nc(O)ccc2c1. The minimum atomic E-state index is 0.0470. The van der Waals surface area contributed by atoms with Crippen molar-refractivity contribution < 1.29 is 9.84 Å². The number of hydrogen-bond acceptors (Lipinski definition) is 3. The maximum absolute atomic E-state index is 9.24. The Bertz CT molecular complexity index is 480. The highest BCUT2D eigenvalue weighted by Gasteiger charge is 2.03. The number of aromatic nitrogens is 1. The number of nitrogens with zero attached hydrogens (tertiary/aromatic N) is 1. The summed E-state index contributed by atoms with van der Waals surface area (Å²) in [7, 11) is 1.63. The molecule has 2 rings (SSSR count). The number of aromatic hydroxyl groups is 1. The molecule has 3 heteroatoms. The van der Waals surface area contributed by atoms with Crippen LogP contribution in [-0.4, -0.2) is 17.2 Å². The molecule has 0 radical (unpaired) electrons. The third-order valence-electron chi connectivity index (χ3n) is 2.18. The highest BCUT2D eigenvalue weighted by atomic mass is 16.5. The molecule has 0 saturated heterocycles. The van der Waals surface area contributed by atoms with Gasteiger partial charge in [-0.05, 0) is 30.7 Å². The summed E-state index contributed by atoms with van der Waals surface area (Å²) < 4.78 is 5.14. The number of methoxy groups -OCH3 is 1. The molecule has 0 unspecified atom stereocenters. The summed E-state index contributed by atoms with van der Waals surface area (Å²) in [6.07, 6.45) is 0. The molecule has 1 aromatic carbocycles. The van der Waals surface area contributed by atoms with Crippen LogP contribution >= 0.6 is 0 Å². The molecule has 3 nitrogen and oxygen atoms in total. The van der Waals surface area contributed by atoms with Gasteiger partial charge in [-0.25, -0.2) is 4.98 Å². The minimum Gasteiger partial charge on any atom is -0.497 e. The average Bonchev–Trinajstić information content (AvgIpc) is 2.19. The molecule has 0 aliphatic heterocycles. The molecule has 0 fully saturated rings. The summed E-state index contributed by atoms with van der Waals surface area (Å²) >= 11 is 0. The van der Waals surface area contributed by atoms with Gasteiger partial charge < -0.3 is 9.84 Å². The van der Waals surface area contributed by atoms with Gasteiger partial charge in [0, 0.05) is 11.5 Å². The lowest BCUT2D eigenvalue weighted by Crippen LogP contribution is -1.87. The monoisotopic (exact) mass is 189 g/mol. The fourth-order valence-corrected chi connectivity index (χ4v) is 1.49. The summed E-state index contributed by atoms with van der Waals surface area (Å²) in [5.41, 5.74) is 1.81. The Labute approximate surface area is 82.0 Å². The highest BCUT2D eigenvalue weighted by molar-refractivity contribution is 5.83. The van der Waals surface area contributed by atoms with Crippen molar-refractivity contribution >= 4 is 10.9 Å². The maximum atomic E-state index is 9.24. The van der Waals surface area contributed by atoms with E-state index in [0.717, 1.165) is 22.2 Å². The Morgan fingerprint density at radius 1 is 1.29 bits per heavy atom. The van der Waals surface area contributed by atoms with Crippen LogP contribution in [0.3, 0.4) is 0 Å². The number of aryl methyl sites for hydroxylation is 1. The second kappa shape index (κ2) is 3.18. The zero-order valence-corrected chi connectivity index (χ0v) is 8.11. The fraction of sp³-hybridized carbons (Fsp3) is 0.182. The van der Waals surface area contributed by atoms with E-state index in [4.69, 9.17) is 4.74 Å². The average molecular weight is 189 g/mol. The zero-order valence-electron chi connectivity index (χ0n) is 8.11. The molecule has 0 aliphatic carbocycles. The van der Waals surface area contributed by atoms with Crippen molar-refractivity contribution in [2.24, 2.45) is 0 Å². The van der Waals surface area contributed by atoms with Crippen molar-refractivity contribution in [2.45, 2.75) is 6.92 Å². The van der Waals surface area contributed by atoms with E-state index in [1.54, 1.807) is 13.2 Å². The number of rotatable bonds is 1. The highest BCUT2D eigenvalue weighted by Crippen LogP contribution is 2.24. The van der Waals surface area contributed by atoms with Crippen LogP contribution in [0.15, 0.2) is 24.3 Å². The van der Waals surface area contributed by atoms with Gasteiger partial charge in [-0.3, -0.25) is 0 Å². The second-order valence-corrected chi connectivity index (χ2v) is 3.19. The Balaban J connectivity index is 2.76. The van der Waals surface area contributed by atoms with Crippen molar-refractivity contribution in [2.75, 3.05) is 7.11 Å². The molecule has 0 spiro atoms. The van der Waals surface area contributed by atoms with E-state index < -0.39 is 0 Å². The minimum absolute atomic E-state index is 0.0470. The van der Waals surface area contributed by atoms with E-state index in [9.17, 15) is 5.11 Å². The normalized spacial score (nSPS) is 10.4. The first-order valence-corrected chi connectivity index (χ1v) is 4.35. The Morgan fingerprint density at radius 2 is 2.07 bits per heavy atom. The van der Waals surface area contributed by atoms with Gasteiger partial charge in [0.05, 0.1) is 12.6 Å². The van der Waals surface area contributed by atoms with Gasteiger partial charge in [0.2, 0.25) is 5.88 Å². The second-order valence-electron chi connectivity index (χ2n) is 3.19. The molecule has 0 bridgehead atoms.